The van der Waals surface area contributed by atoms with Crippen molar-refractivity contribution >= 4 is 14.1 Å². The highest BCUT2D eigenvalue weighted by Crippen LogP contribution is 2.36. The van der Waals surface area contributed by atoms with Crippen LogP contribution in [0.4, 0.5) is 0 Å². The van der Waals surface area contributed by atoms with Crippen LogP contribution < -0.4 is 0 Å². The maximum atomic E-state index is 11.2. The van der Waals surface area contributed by atoms with Crippen LogP contribution in [0.2, 0.25) is 18.1 Å². The van der Waals surface area contributed by atoms with Gasteiger partial charge in [-0.3, -0.25) is 4.79 Å². The largest absolute Gasteiger partial charge is 0.406 e. The molecule has 0 atom stereocenters. The molecular formula is C13H24O2Si. The van der Waals surface area contributed by atoms with Crippen molar-refractivity contribution in [3.05, 3.63) is 0 Å². The molecule has 0 bridgehead atoms. The summed E-state index contributed by atoms with van der Waals surface area (Å²) < 4.78 is 5.84. The summed E-state index contributed by atoms with van der Waals surface area (Å²) in [6.07, 6.45) is 0. The summed E-state index contributed by atoms with van der Waals surface area (Å²) in [5.74, 6) is 5.39. The van der Waals surface area contributed by atoms with E-state index in [-0.39, 0.29) is 16.7 Å². The SMILES string of the molecule is CC(C)C(=O)C#CCO[Si](C)(C)C(C)(C)C. The lowest BCUT2D eigenvalue weighted by Gasteiger charge is -2.35. The summed E-state index contributed by atoms with van der Waals surface area (Å²) >= 11 is 0. The summed E-state index contributed by atoms with van der Waals surface area (Å²) in [5, 5.41) is 0.191. The number of hydrogen-bond acceptors (Lipinski definition) is 2. The number of Topliss-reactive ketones (excluding diaryl/α,β-unsaturated/α-hetero) is 1. The fraction of sp³-hybridized carbons (Fsp3) is 0.769. The van der Waals surface area contributed by atoms with Crippen LogP contribution in [0.25, 0.3) is 0 Å². The standard InChI is InChI=1S/C13H24O2Si/c1-11(2)12(14)9-8-10-15-16(6,7)13(3,4)5/h11H,10H2,1-7H3. The fourth-order valence-corrected chi connectivity index (χ4v) is 1.57. The Morgan fingerprint density at radius 2 is 1.81 bits per heavy atom. The molecule has 92 valence electrons. The lowest BCUT2D eigenvalue weighted by atomic mass is 10.1. The lowest BCUT2D eigenvalue weighted by Crippen LogP contribution is -2.40. The number of ketones is 1. The van der Waals surface area contributed by atoms with Crippen LogP contribution in [0.5, 0.6) is 0 Å². The zero-order valence-corrected chi connectivity index (χ0v) is 12.6. The van der Waals surface area contributed by atoms with Crippen molar-refractivity contribution in [2.75, 3.05) is 6.61 Å². The van der Waals surface area contributed by atoms with Crippen LogP contribution in [0, 0.1) is 17.8 Å². The fourth-order valence-electron chi connectivity index (χ4n) is 0.701. The Balaban J connectivity index is 4.23. The third-order valence-electron chi connectivity index (χ3n) is 3.05. The second-order valence-electron chi connectivity index (χ2n) is 5.87. The van der Waals surface area contributed by atoms with Crippen molar-refractivity contribution in [1.29, 1.82) is 0 Å². The smallest absolute Gasteiger partial charge is 0.208 e. The minimum Gasteiger partial charge on any atom is -0.406 e. The Kier molecular flexibility index (Phi) is 5.44. The predicted octanol–water partition coefficient (Wildman–Crippen LogP) is 3.24. The van der Waals surface area contributed by atoms with Gasteiger partial charge in [0.05, 0.1) is 6.61 Å². The van der Waals surface area contributed by atoms with Gasteiger partial charge in [-0.15, -0.1) is 0 Å². The second-order valence-corrected chi connectivity index (χ2v) is 10.7. The molecule has 0 amide bonds. The molecule has 0 aromatic rings. The molecule has 0 heterocycles. The Morgan fingerprint density at radius 1 is 1.31 bits per heavy atom. The third kappa shape index (κ3) is 4.96. The van der Waals surface area contributed by atoms with Gasteiger partial charge in [0.1, 0.15) is 0 Å². The molecule has 0 radical (unpaired) electrons. The van der Waals surface area contributed by atoms with Crippen LogP contribution in [0.1, 0.15) is 34.6 Å². The topological polar surface area (TPSA) is 26.3 Å². The Labute approximate surface area is 101 Å². The minimum atomic E-state index is -1.72. The molecule has 0 aromatic carbocycles. The van der Waals surface area contributed by atoms with E-state index in [2.05, 4.69) is 45.7 Å². The first-order valence-electron chi connectivity index (χ1n) is 5.74. The van der Waals surface area contributed by atoms with Gasteiger partial charge in [0, 0.05) is 5.92 Å². The molecule has 0 rings (SSSR count). The normalized spacial score (nSPS) is 12.2. The van der Waals surface area contributed by atoms with Crippen molar-refractivity contribution in [2.24, 2.45) is 5.92 Å². The minimum absolute atomic E-state index is 0.0135. The molecule has 0 aromatic heterocycles. The van der Waals surface area contributed by atoms with Crippen molar-refractivity contribution in [3.63, 3.8) is 0 Å². The third-order valence-corrected chi connectivity index (χ3v) is 7.53. The Morgan fingerprint density at radius 3 is 2.19 bits per heavy atom. The molecule has 3 heteroatoms. The molecule has 0 spiro atoms. The van der Waals surface area contributed by atoms with Crippen molar-refractivity contribution in [1.82, 2.24) is 0 Å². The van der Waals surface area contributed by atoms with Gasteiger partial charge in [-0.25, -0.2) is 0 Å². The molecule has 0 aliphatic rings. The van der Waals surface area contributed by atoms with E-state index in [0.29, 0.717) is 6.61 Å². The summed E-state index contributed by atoms with van der Waals surface area (Å²) in [7, 11) is -1.72. The van der Waals surface area contributed by atoms with E-state index < -0.39 is 8.32 Å². The highest BCUT2D eigenvalue weighted by molar-refractivity contribution is 6.74. The first kappa shape index (κ1) is 15.4. The van der Waals surface area contributed by atoms with Gasteiger partial charge >= 0.3 is 0 Å². The first-order chi connectivity index (χ1) is 7.08. The van der Waals surface area contributed by atoms with Crippen LogP contribution in [0.3, 0.4) is 0 Å². The Bertz CT molecular complexity index is 300. The molecule has 0 unspecified atom stereocenters. The van der Waals surface area contributed by atoms with Crippen molar-refractivity contribution in [2.45, 2.75) is 52.8 Å². The molecule has 0 N–H and O–H groups in total. The zero-order chi connectivity index (χ0) is 13.0. The van der Waals surface area contributed by atoms with E-state index in [1.807, 2.05) is 13.8 Å². The molecule has 0 fully saturated rings. The average molecular weight is 240 g/mol. The van der Waals surface area contributed by atoms with Crippen LogP contribution in [-0.2, 0) is 9.22 Å². The highest BCUT2D eigenvalue weighted by Gasteiger charge is 2.36. The van der Waals surface area contributed by atoms with Gasteiger partial charge in [0.2, 0.25) is 5.78 Å². The molecule has 0 saturated carbocycles. The summed E-state index contributed by atoms with van der Waals surface area (Å²) in [4.78, 5) is 11.2. The lowest BCUT2D eigenvalue weighted by molar-refractivity contribution is -0.116. The first-order valence-corrected chi connectivity index (χ1v) is 8.65. The molecule has 0 aliphatic heterocycles. The van der Waals surface area contributed by atoms with E-state index >= 15 is 0 Å². The number of hydrogen-bond donors (Lipinski definition) is 0. The molecule has 16 heavy (non-hydrogen) atoms. The van der Waals surface area contributed by atoms with Gasteiger partial charge in [-0.1, -0.05) is 40.5 Å². The van der Waals surface area contributed by atoms with Gasteiger partial charge in [0.15, 0.2) is 8.32 Å². The maximum absolute atomic E-state index is 11.2. The number of rotatable bonds is 3. The monoisotopic (exact) mass is 240 g/mol. The summed E-state index contributed by atoms with van der Waals surface area (Å²) in [6.45, 7) is 15.0. The molecule has 2 nitrogen and oxygen atoms in total. The quantitative estimate of drug-likeness (QED) is 0.430. The molecular weight excluding hydrogens is 216 g/mol. The van der Waals surface area contributed by atoms with Gasteiger partial charge in [-0.05, 0) is 24.1 Å². The zero-order valence-electron chi connectivity index (χ0n) is 11.6. The number of carbonyl (C=O) groups is 1. The van der Waals surface area contributed by atoms with Crippen molar-refractivity contribution in [3.8, 4) is 11.8 Å². The van der Waals surface area contributed by atoms with Crippen LogP contribution >= 0.6 is 0 Å². The van der Waals surface area contributed by atoms with E-state index in [4.69, 9.17) is 4.43 Å². The summed E-state index contributed by atoms with van der Waals surface area (Å²) in [5.41, 5.74) is 0. The van der Waals surface area contributed by atoms with E-state index in [1.165, 1.54) is 0 Å². The summed E-state index contributed by atoms with van der Waals surface area (Å²) in [6, 6.07) is 0. The van der Waals surface area contributed by atoms with Crippen molar-refractivity contribution < 1.29 is 9.22 Å². The number of carbonyl (C=O) groups excluding carboxylic acids is 1. The maximum Gasteiger partial charge on any atom is 0.208 e. The second kappa shape index (κ2) is 5.65. The average Bonchev–Trinajstić information content (AvgIpc) is 2.09. The highest BCUT2D eigenvalue weighted by atomic mass is 28.4. The van der Waals surface area contributed by atoms with Crippen LogP contribution in [-0.4, -0.2) is 20.7 Å². The predicted molar refractivity (Wildman–Crippen MR) is 70.8 cm³/mol. The Hall–Kier alpha value is -0.593. The molecule has 0 aliphatic carbocycles. The van der Waals surface area contributed by atoms with Gasteiger partial charge < -0.3 is 4.43 Å². The van der Waals surface area contributed by atoms with E-state index in [1.54, 1.807) is 0 Å². The van der Waals surface area contributed by atoms with E-state index in [9.17, 15) is 4.79 Å². The van der Waals surface area contributed by atoms with Gasteiger partial charge in [0.25, 0.3) is 0 Å². The molecule has 0 saturated heterocycles. The van der Waals surface area contributed by atoms with Gasteiger partial charge in [-0.2, -0.15) is 0 Å². The van der Waals surface area contributed by atoms with Crippen LogP contribution in [0.15, 0.2) is 0 Å². The van der Waals surface area contributed by atoms with E-state index in [0.717, 1.165) is 0 Å².